The summed E-state index contributed by atoms with van der Waals surface area (Å²) in [5.74, 6) is -0.134. The van der Waals surface area contributed by atoms with Crippen molar-refractivity contribution in [2.45, 2.75) is 19.9 Å². The van der Waals surface area contributed by atoms with Gasteiger partial charge in [0.25, 0.3) is 5.91 Å². The van der Waals surface area contributed by atoms with E-state index in [0.29, 0.717) is 16.9 Å². The lowest BCUT2D eigenvalue weighted by atomic mass is 10.2. The van der Waals surface area contributed by atoms with Gasteiger partial charge in [-0.05, 0) is 56.3 Å². The molecule has 3 N–H and O–H groups in total. The first-order valence-electron chi connectivity index (χ1n) is 7.18. The van der Waals surface area contributed by atoms with E-state index in [-0.39, 0.29) is 18.0 Å². The predicted molar refractivity (Wildman–Crippen MR) is 95.8 cm³/mol. The first kappa shape index (κ1) is 17.0. The third-order valence-electron chi connectivity index (χ3n) is 2.91. The molecule has 2 aromatic carbocycles. The van der Waals surface area contributed by atoms with Crippen molar-refractivity contribution >= 4 is 39.2 Å². The molecule has 2 aromatic rings. The summed E-state index contributed by atoms with van der Waals surface area (Å²) < 4.78 is 0.885. The van der Waals surface area contributed by atoms with Crippen molar-refractivity contribution in [2.24, 2.45) is 0 Å². The summed E-state index contributed by atoms with van der Waals surface area (Å²) in [5.41, 5.74) is 1.85. The first-order valence-corrected chi connectivity index (χ1v) is 7.98. The van der Waals surface area contributed by atoms with Gasteiger partial charge in [-0.15, -0.1) is 0 Å². The molecule has 0 aromatic heterocycles. The molecule has 0 saturated carbocycles. The van der Waals surface area contributed by atoms with E-state index >= 15 is 0 Å². The highest BCUT2D eigenvalue weighted by atomic mass is 79.9. The normalized spacial score (nSPS) is 10.3. The van der Waals surface area contributed by atoms with E-state index in [2.05, 4.69) is 31.9 Å². The third kappa shape index (κ3) is 5.41. The van der Waals surface area contributed by atoms with Gasteiger partial charge in [-0.1, -0.05) is 22.0 Å². The fourth-order valence-corrected chi connectivity index (χ4v) is 2.31. The van der Waals surface area contributed by atoms with Crippen LogP contribution in [-0.2, 0) is 0 Å². The molecule has 120 valence electrons. The van der Waals surface area contributed by atoms with Gasteiger partial charge in [-0.3, -0.25) is 4.79 Å². The zero-order valence-corrected chi connectivity index (χ0v) is 14.5. The Balaban J connectivity index is 1.95. The van der Waals surface area contributed by atoms with E-state index in [1.54, 1.807) is 36.4 Å². The van der Waals surface area contributed by atoms with Crippen LogP contribution in [0, 0.1) is 0 Å². The Morgan fingerprint density at radius 2 is 1.61 bits per heavy atom. The Hall–Kier alpha value is -2.34. The second-order valence-corrected chi connectivity index (χ2v) is 6.21. The lowest BCUT2D eigenvalue weighted by Crippen LogP contribution is -2.30. The van der Waals surface area contributed by atoms with E-state index in [9.17, 15) is 9.59 Å². The minimum absolute atomic E-state index is 0.0799. The Bertz CT molecular complexity index is 699. The molecular formula is C17H18BrN3O2. The summed E-state index contributed by atoms with van der Waals surface area (Å²) in [5, 5.41) is 8.27. The fraction of sp³-hybridized carbons (Fsp3) is 0.176. The average Bonchev–Trinajstić information content (AvgIpc) is 2.47. The molecule has 0 heterocycles. The molecule has 0 atom stereocenters. The number of halogens is 1. The molecule has 0 spiro atoms. The maximum Gasteiger partial charge on any atom is 0.323 e. The Morgan fingerprint density at radius 1 is 0.957 bits per heavy atom. The molecule has 0 radical (unpaired) electrons. The molecule has 0 aliphatic rings. The van der Waals surface area contributed by atoms with Gasteiger partial charge >= 0.3 is 6.03 Å². The van der Waals surface area contributed by atoms with Crippen molar-refractivity contribution in [1.82, 2.24) is 5.32 Å². The number of rotatable bonds is 4. The summed E-state index contributed by atoms with van der Waals surface area (Å²) in [6.45, 7) is 3.81. The number of urea groups is 1. The van der Waals surface area contributed by atoms with Gasteiger partial charge in [0.2, 0.25) is 0 Å². The highest BCUT2D eigenvalue weighted by Gasteiger charge is 2.07. The summed E-state index contributed by atoms with van der Waals surface area (Å²) in [7, 11) is 0. The third-order valence-corrected chi connectivity index (χ3v) is 3.40. The number of hydrogen-bond acceptors (Lipinski definition) is 2. The first-order chi connectivity index (χ1) is 10.9. The van der Waals surface area contributed by atoms with Crippen LogP contribution in [0.1, 0.15) is 24.2 Å². The molecule has 5 nitrogen and oxygen atoms in total. The zero-order chi connectivity index (χ0) is 16.8. The summed E-state index contributed by atoms with van der Waals surface area (Å²) in [6, 6.07) is 13.8. The highest BCUT2D eigenvalue weighted by molar-refractivity contribution is 9.10. The molecule has 0 fully saturated rings. The molecule has 3 amide bonds. The van der Waals surface area contributed by atoms with Crippen LogP contribution in [0.15, 0.2) is 53.0 Å². The predicted octanol–water partition coefficient (Wildman–Crippen LogP) is 4.23. The maximum absolute atomic E-state index is 11.9. The molecule has 23 heavy (non-hydrogen) atoms. The Labute approximate surface area is 143 Å². The standard InChI is InChI=1S/C17H18BrN3O2/c1-11(2)19-16(22)12-6-8-14(9-7-12)20-17(23)21-15-5-3-4-13(18)10-15/h3-11H,1-2H3,(H,19,22)(H2,20,21,23). The van der Waals surface area contributed by atoms with Crippen LogP contribution in [0.25, 0.3) is 0 Å². The Kier molecular flexibility index (Phi) is 5.76. The second-order valence-electron chi connectivity index (χ2n) is 5.29. The van der Waals surface area contributed by atoms with Crippen LogP contribution in [0.2, 0.25) is 0 Å². The number of carbonyl (C=O) groups excluding carboxylic acids is 2. The fourth-order valence-electron chi connectivity index (χ4n) is 1.91. The minimum Gasteiger partial charge on any atom is -0.350 e. The summed E-state index contributed by atoms with van der Waals surface area (Å²) >= 11 is 3.35. The van der Waals surface area contributed by atoms with Crippen molar-refractivity contribution in [3.63, 3.8) is 0 Å². The molecule has 0 aliphatic heterocycles. The second kappa shape index (κ2) is 7.78. The van der Waals surface area contributed by atoms with Crippen LogP contribution >= 0.6 is 15.9 Å². The van der Waals surface area contributed by atoms with Crippen molar-refractivity contribution in [3.05, 3.63) is 58.6 Å². The lowest BCUT2D eigenvalue weighted by molar-refractivity contribution is 0.0943. The monoisotopic (exact) mass is 375 g/mol. The van der Waals surface area contributed by atoms with Gasteiger partial charge in [-0.2, -0.15) is 0 Å². The van der Waals surface area contributed by atoms with Crippen molar-refractivity contribution in [3.8, 4) is 0 Å². The van der Waals surface area contributed by atoms with Crippen LogP contribution in [-0.4, -0.2) is 18.0 Å². The number of nitrogens with one attached hydrogen (secondary N) is 3. The topological polar surface area (TPSA) is 70.2 Å². The largest absolute Gasteiger partial charge is 0.350 e. The number of anilines is 2. The molecule has 6 heteroatoms. The van der Waals surface area contributed by atoms with Crippen LogP contribution in [0.4, 0.5) is 16.2 Å². The SMILES string of the molecule is CC(C)NC(=O)c1ccc(NC(=O)Nc2cccc(Br)c2)cc1. The maximum atomic E-state index is 11.9. The lowest BCUT2D eigenvalue weighted by Gasteiger charge is -2.10. The van der Waals surface area contributed by atoms with Gasteiger partial charge in [0.05, 0.1) is 0 Å². The summed E-state index contributed by atoms with van der Waals surface area (Å²) in [6.07, 6.45) is 0. The van der Waals surface area contributed by atoms with Gasteiger partial charge in [0, 0.05) is 27.5 Å². The Morgan fingerprint density at radius 3 is 2.22 bits per heavy atom. The van der Waals surface area contributed by atoms with E-state index in [0.717, 1.165) is 4.47 Å². The summed E-state index contributed by atoms with van der Waals surface area (Å²) in [4.78, 5) is 23.8. The highest BCUT2D eigenvalue weighted by Crippen LogP contribution is 2.16. The molecule has 0 saturated heterocycles. The smallest absolute Gasteiger partial charge is 0.323 e. The van der Waals surface area contributed by atoms with E-state index < -0.39 is 0 Å². The zero-order valence-electron chi connectivity index (χ0n) is 12.9. The average molecular weight is 376 g/mol. The number of carbonyl (C=O) groups is 2. The number of hydrogen-bond donors (Lipinski definition) is 3. The van der Waals surface area contributed by atoms with Crippen molar-refractivity contribution in [2.75, 3.05) is 10.6 Å². The molecule has 2 rings (SSSR count). The van der Waals surface area contributed by atoms with Gasteiger partial charge in [0.15, 0.2) is 0 Å². The molecule has 0 bridgehead atoms. The van der Waals surface area contributed by atoms with Gasteiger partial charge in [0.1, 0.15) is 0 Å². The quantitative estimate of drug-likeness (QED) is 0.747. The van der Waals surface area contributed by atoms with Crippen molar-refractivity contribution < 1.29 is 9.59 Å². The van der Waals surface area contributed by atoms with Gasteiger partial charge < -0.3 is 16.0 Å². The van der Waals surface area contributed by atoms with E-state index in [1.165, 1.54) is 0 Å². The van der Waals surface area contributed by atoms with Crippen molar-refractivity contribution in [1.29, 1.82) is 0 Å². The molecule has 0 unspecified atom stereocenters. The minimum atomic E-state index is -0.345. The number of amides is 3. The van der Waals surface area contributed by atoms with E-state index in [4.69, 9.17) is 0 Å². The van der Waals surface area contributed by atoms with Gasteiger partial charge in [-0.25, -0.2) is 4.79 Å². The molecular weight excluding hydrogens is 358 g/mol. The van der Waals surface area contributed by atoms with Crippen LogP contribution in [0.5, 0.6) is 0 Å². The van der Waals surface area contributed by atoms with Crippen LogP contribution < -0.4 is 16.0 Å². The van der Waals surface area contributed by atoms with E-state index in [1.807, 2.05) is 26.0 Å². The molecule has 0 aliphatic carbocycles. The number of benzene rings is 2. The van der Waals surface area contributed by atoms with Crippen LogP contribution in [0.3, 0.4) is 0 Å².